The first-order valence-corrected chi connectivity index (χ1v) is 5.70. The van der Waals surface area contributed by atoms with Gasteiger partial charge in [-0.1, -0.05) is 18.2 Å². The first kappa shape index (κ1) is 12.6. The molecule has 0 aliphatic carbocycles. The molecule has 0 radical (unpaired) electrons. The van der Waals surface area contributed by atoms with Crippen LogP contribution in [0.5, 0.6) is 5.75 Å². The lowest BCUT2D eigenvalue weighted by Crippen LogP contribution is -2.01. The Balaban J connectivity index is 2.34. The van der Waals surface area contributed by atoms with Crippen LogP contribution in [0.1, 0.15) is 22.8 Å². The van der Waals surface area contributed by atoms with Crippen molar-refractivity contribution in [3.63, 3.8) is 0 Å². The Morgan fingerprint density at radius 2 is 1.83 bits per heavy atom. The van der Waals surface area contributed by atoms with E-state index in [2.05, 4.69) is 0 Å². The van der Waals surface area contributed by atoms with E-state index in [1.807, 2.05) is 13.0 Å². The van der Waals surface area contributed by atoms with Gasteiger partial charge < -0.3 is 9.84 Å². The molecule has 1 atom stereocenters. The molecule has 0 bridgehead atoms. The second kappa shape index (κ2) is 5.19. The molecule has 0 fully saturated rings. The summed E-state index contributed by atoms with van der Waals surface area (Å²) in [6.45, 7) is 1.90. The molecule has 2 rings (SSSR count). The number of aryl methyl sites for hydroxylation is 1. The minimum atomic E-state index is -0.828. The van der Waals surface area contributed by atoms with Gasteiger partial charge in [0.05, 0.1) is 7.11 Å². The summed E-state index contributed by atoms with van der Waals surface area (Å²) in [7, 11) is 1.60. The highest BCUT2D eigenvalue weighted by Crippen LogP contribution is 2.26. The molecule has 0 heterocycles. The molecule has 0 saturated heterocycles. The first-order chi connectivity index (χ1) is 8.61. The molecule has 0 aliphatic rings. The van der Waals surface area contributed by atoms with Gasteiger partial charge in [0.25, 0.3) is 0 Å². The zero-order valence-electron chi connectivity index (χ0n) is 10.4. The zero-order valence-corrected chi connectivity index (χ0v) is 10.4. The molecule has 0 spiro atoms. The van der Waals surface area contributed by atoms with Crippen LogP contribution in [0.2, 0.25) is 0 Å². The molecule has 1 N–H and O–H groups in total. The summed E-state index contributed by atoms with van der Waals surface area (Å²) >= 11 is 0. The third kappa shape index (κ3) is 2.51. The molecule has 2 aromatic rings. The molecule has 2 nitrogen and oxygen atoms in total. The number of aliphatic hydroxyl groups is 1. The summed E-state index contributed by atoms with van der Waals surface area (Å²) in [6, 6.07) is 11.4. The molecule has 3 heteroatoms. The van der Waals surface area contributed by atoms with Crippen LogP contribution in [-0.2, 0) is 0 Å². The minimum Gasteiger partial charge on any atom is -0.496 e. The number of aliphatic hydroxyl groups excluding tert-OH is 1. The van der Waals surface area contributed by atoms with E-state index in [-0.39, 0.29) is 5.82 Å². The smallest absolute Gasteiger partial charge is 0.123 e. The highest BCUT2D eigenvalue weighted by molar-refractivity contribution is 5.39. The maximum atomic E-state index is 13.1. The second-order valence-corrected chi connectivity index (χ2v) is 4.19. The Hall–Kier alpha value is -1.87. The largest absolute Gasteiger partial charge is 0.496 e. The summed E-state index contributed by atoms with van der Waals surface area (Å²) in [5, 5.41) is 10.2. The molecule has 1 unspecified atom stereocenters. The standard InChI is InChI=1S/C15H15FO2/c1-10-8-12(6-7-14(10)18-2)15(17)11-4-3-5-13(16)9-11/h3-9,15,17H,1-2H3. The van der Waals surface area contributed by atoms with E-state index in [9.17, 15) is 9.50 Å². The van der Waals surface area contributed by atoms with Gasteiger partial charge >= 0.3 is 0 Å². The van der Waals surface area contributed by atoms with E-state index in [1.165, 1.54) is 12.1 Å². The normalized spacial score (nSPS) is 12.2. The minimum absolute atomic E-state index is 0.350. The Morgan fingerprint density at radius 1 is 1.11 bits per heavy atom. The van der Waals surface area contributed by atoms with E-state index >= 15 is 0 Å². The zero-order chi connectivity index (χ0) is 13.1. The van der Waals surface area contributed by atoms with Gasteiger partial charge in [-0.05, 0) is 47.9 Å². The third-order valence-electron chi connectivity index (χ3n) is 2.90. The molecular weight excluding hydrogens is 231 g/mol. The van der Waals surface area contributed by atoms with Gasteiger partial charge in [-0.2, -0.15) is 0 Å². The van der Waals surface area contributed by atoms with Crippen molar-refractivity contribution >= 4 is 0 Å². The van der Waals surface area contributed by atoms with Gasteiger partial charge in [0, 0.05) is 0 Å². The monoisotopic (exact) mass is 246 g/mol. The summed E-state index contributed by atoms with van der Waals surface area (Å²) in [6.07, 6.45) is -0.828. The second-order valence-electron chi connectivity index (χ2n) is 4.19. The number of halogens is 1. The molecule has 0 aliphatic heterocycles. The van der Waals surface area contributed by atoms with Crippen LogP contribution < -0.4 is 4.74 Å². The van der Waals surface area contributed by atoms with Gasteiger partial charge in [-0.3, -0.25) is 0 Å². The van der Waals surface area contributed by atoms with Crippen LogP contribution >= 0.6 is 0 Å². The van der Waals surface area contributed by atoms with Gasteiger partial charge in [-0.25, -0.2) is 4.39 Å². The lowest BCUT2D eigenvalue weighted by Gasteiger charge is -2.13. The van der Waals surface area contributed by atoms with Crippen molar-refractivity contribution in [2.75, 3.05) is 7.11 Å². The molecule has 0 amide bonds. The third-order valence-corrected chi connectivity index (χ3v) is 2.90. The highest BCUT2D eigenvalue weighted by Gasteiger charge is 2.12. The fourth-order valence-electron chi connectivity index (χ4n) is 1.94. The van der Waals surface area contributed by atoms with E-state index < -0.39 is 6.10 Å². The van der Waals surface area contributed by atoms with Crippen molar-refractivity contribution in [2.45, 2.75) is 13.0 Å². The van der Waals surface area contributed by atoms with Gasteiger partial charge in [0.2, 0.25) is 0 Å². The maximum absolute atomic E-state index is 13.1. The summed E-state index contributed by atoms with van der Waals surface area (Å²) in [5.74, 6) is 0.418. The number of ether oxygens (including phenoxy) is 1. The Bertz CT molecular complexity index is 552. The number of methoxy groups -OCH3 is 1. The van der Waals surface area contributed by atoms with E-state index in [1.54, 1.807) is 31.4 Å². The molecule has 0 saturated carbocycles. The van der Waals surface area contributed by atoms with Crippen molar-refractivity contribution < 1.29 is 14.2 Å². The van der Waals surface area contributed by atoms with Gasteiger partial charge in [-0.15, -0.1) is 0 Å². The Morgan fingerprint density at radius 3 is 2.44 bits per heavy atom. The van der Waals surface area contributed by atoms with Crippen LogP contribution in [0.4, 0.5) is 4.39 Å². The number of rotatable bonds is 3. The maximum Gasteiger partial charge on any atom is 0.123 e. The summed E-state index contributed by atoms with van der Waals surface area (Å²) < 4.78 is 18.3. The van der Waals surface area contributed by atoms with Crippen LogP contribution in [0, 0.1) is 12.7 Å². The summed E-state index contributed by atoms with van der Waals surface area (Å²) in [5.41, 5.74) is 2.20. The van der Waals surface area contributed by atoms with Crippen LogP contribution in [-0.4, -0.2) is 12.2 Å². The molecule has 94 valence electrons. The van der Waals surface area contributed by atoms with Crippen molar-refractivity contribution in [2.24, 2.45) is 0 Å². The van der Waals surface area contributed by atoms with E-state index in [0.717, 1.165) is 16.9 Å². The first-order valence-electron chi connectivity index (χ1n) is 5.70. The highest BCUT2D eigenvalue weighted by atomic mass is 19.1. The quantitative estimate of drug-likeness (QED) is 0.901. The topological polar surface area (TPSA) is 29.5 Å². The summed E-state index contributed by atoms with van der Waals surface area (Å²) in [4.78, 5) is 0. The molecular formula is C15H15FO2. The van der Waals surface area contributed by atoms with Crippen LogP contribution in [0.15, 0.2) is 42.5 Å². The molecule has 0 aromatic heterocycles. The van der Waals surface area contributed by atoms with Crippen molar-refractivity contribution in [1.29, 1.82) is 0 Å². The number of hydrogen-bond acceptors (Lipinski definition) is 2. The van der Waals surface area contributed by atoms with Crippen molar-refractivity contribution in [1.82, 2.24) is 0 Å². The Labute approximate surface area is 106 Å². The molecule has 2 aromatic carbocycles. The predicted octanol–water partition coefficient (Wildman–Crippen LogP) is 3.22. The number of hydrogen-bond donors (Lipinski definition) is 1. The van der Waals surface area contributed by atoms with Crippen molar-refractivity contribution in [3.05, 3.63) is 65.0 Å². The van der Waals surface area contributed by atoms with E-state index in [4.69, 9.17) is 4.74 Å². The van der Waals surface area contributed by atoms with Gasteiger partial charge in [0.15, 0.2) is 0 Å². The predicted molar refractivity (Wildman–Crippen MR) is 68.2 cm³/mol. The lowest BCUT2D eigenvalue weighted by molar-refractivity contribution is 0.219. The van der Waals surface area contributed by atoms with Gasteiger partial charge in [0.1, 0.15) is 17.7 Å². The SMILES string of the molecule is COc1ccc(C(O)c2cccc(F)c2)cc1C. The average Bonchev–Trinajstić information content (AvgIpc) is 2.37. The van der Waals surface area contributed by atoms with E-state index in [0.29, 0.717) is 5.56 Å². The number of benzene rings is 2. The fraction of sp³-hybridized carbons (Fsp3) is 0.200. The Kier molecular flexibility index (Phi) is 3.63. The lowest BCUT2D eigenvalue weighted by atomic mass is 9.99. The van der Waals surface area contributed by atoms with Crippen LogP contribution in [0.3, 0.4) is 0 Å². The molecule has 18 heavy (non-hydrogen) atoms. The fourth-order valence-corrected chi connectivity index (χ4v) is 1.94. The van der Waals surface area contributed by atoms with Crippen molar-refractivity contribution in [3.8, 4) is 5.75 Å². The average molecular weight is 246 g/mol. The van der Waals surface area contributed by atoms with Crippen LogP contribution in [0.25, 0.3) is 0 Å².